The number of hydrogen-bond acceptors (Lipinski definition) is 5. The number of aromatic hydroxyl groups is 1. The molecule has 4 aromatic rings. The molecule has 0 spiro atoms. The summed E-state index contributed by atoms with van der Waals surface area (Å²) >= 11 is 0. The van der Waals surface area contributed by atoms with E-state index < -0.39 is 6.10 Å². The maximum Gasteiger partial charge on any atom is 0.260 e. The van der Waals surface area contributed by atoms with Crippen LogP contribution in [0.25, 0.3) is 21.8 Å². The van der Waals surface area contributed by atoms with Crippen LogP contribution >= 0.6 is 0 Å². The van der Waals surface area contributed by atoms with E-state index in [1.165, 1.54) is 22.9 Å². The number of benzene rings is 3. The molecule has 34 heavy (non-hydrogen) atoms. The number of aliphatic hydroxyl groups is 1. The monoisotopic (exact) mass is 459 g/mol. The van der Waals surface area contributed by atoms with Crippen molar-refractivity contribution in [2.45, 2.75) is 12.6 Å². The fourth-order valence-electron chi connectivity index (χ4n) is 4.73. The van der Waals surface area contributed by atoms with Crippen LogP contribution in [0.2, 0.25) is 0 Å². The lowest BCUT2D eigenvalue weighted by atomic mass is 10.2. The Morgan fingerprint density at radius 2 is 1.41 bits per heavy atom. The molecule has 0 aliphatic carbocycles. The number of para-hydroxylation sites is 2. The second-order valence-corrected chi connectivity index (χ2v) is 8.76. The van der Waals surface area contributed by atoms with Gasteiger partial charge in [0.15, 0.2) is 6.61 Å². The van der Waals surface area contributed by atoms with Crippen LogP contribution in [0, 0.1) is 0 Å². The fraction of sp³-hybridized carbons (Fsp3) is 0.296. The molecular weight excluding hydrogens is 430 g/mol. The number of β-amino-alcohol motifs (C(OH)–C–C–N with tert-alkyl or cyclic N) is 1. The quantitative estimate of drug-likeness (QED) is 0.444. The van der Waals surface area contributed by atoms with E-state index in [1.807, 2.05) is 24.3 Å². The minimum atomic E-state index is -0.515. The zero-order valence-corrected chi connectivity index (χ0v) is 19.0. The first kappa shape index (κ1) is 22.3. The number of rotatable bonds is 7. The molecule has 0 saturated carbocycles. The highest BCUT2D eigenvalue weighted by atomic mass is 16.5. The van der Waals surface area contributed by atoms with E-state index in [0.717, 1.165) is 24.1 Å². The van der Waals surface area contributed by atoms with Crippen molar-refractivity contribution in [3.63, 3.8) is 0 Å². The molecule has 1 aromatic heterocycles. The number of aromatic nitrogens is 1. The number of aliphatic hydroxyl groups excluding tert-OH is 1. The van der Waals surface area contributed by atoms with Crippen LogP contribution in [-0.2, 0) is 11.3 Å². The summed E-state index contributed by atoms with van der Waals surface area (Å²) in [5.41, 5.74) is 2.26. The summed E-state index contributed by atoms with van der Waals surface area (Å²) in [6.07, 6.45) is -0.515. The predicted molar refractivity (Wildman–Crippen MR) is 132 cm³/mol. The summed E-state index contributed by atoms with van der Waals surface area (Å²) in [6.45, 7) is 3.71. The summed E-state index contributed by atoms with van der Waals surface area (Å²) < 4.78 is 7.74. The number of phenolic OH excluding ortho intramolecular Hbond substituents is 1. The molecule has 1 aliphatic heterocycles. The standard InChI is InChI=1S/C27H29N3O4/c31-20-9-11-22(12-10-20)34-19-27(33)29-15-13-28(14-16-29)17-21(32)18-30-25-7-3-1-5-23(25)24-6-2-4-8-26(24)30/h1-12,21,31-32H,13-19H2. The Kier molecular flexibility index (Phi) is 6.38. The second-order valence-electron chi connectivity index (χ2n) is 8.76. The van der Waals surface area contributed by atoms with Gasteiger partial charge in [-0.1, -0.05) is 36.4 Å². The van der Waals surface area contributed by atoms with E-state index in [4.69, 9.17) is 4.74 Å². The van der Waals surface area contributed by atoms with Crippen molar-refractivity contribution in [3.8, 4) is 11.5 Å². The van der Waals surface area contributed by atoms with Gasteiger partial charge in [0.05, 0.1) is 12.6 Å². The van der Waals surface area contributed by atoms with Crippen LogP contribution in [0.5, 0.6) is 11.5 Å². The number of ether oxygens (including phenoxy) is 1. The summed E-state index contributed by atoms with van der Waals surface area (Å²) in [7, 11) is 0. The van der Waals surface area contributed by atoms with Crippen LogP contribution in [-0.4, -0.2) is 75.9 Å². The number of carbonyl (C=O) groups is 1. The van der Waals surface area contributed by atoms with Crippen molar-refractivity contribution >= 4 is 27.7 Å². The third-order valence-electron chi connectivity index (χ3n) is 6.47. The van der Waals surface area contributed by atoms with Crippen molar-refractivity contribution in [2.24, 2.45) is 0 Å². The second kappa shape index (κ2) is 9.75. The molecule has 1 aliphatic rings. The third kappa shape index (κ3) is 4.71. The lowest BCUT2D eigenvalue weighted by Gasteiger charge is -2.35. The van der Waals surface area contributed by atoms with E-state index in [-0.39, 0.29) is 18.3 Å². The van der Waals surface area contributed by atoms with Crippen molar-refractivity contribution in [1.29, 1.82) is 0 Å². The van der Waals surface area contributed by atoms with Crippen molar-refractivity contribution < 1.29 is 19.7 Å². The van der Waals surface area contributed by atoms with Crippen molar-refractivity contribution in [3.05, 3.63) is 72.8 Å². The molecule has 3 aromatic carbocycles. The first-order chi connectivity index (χ1) is 16.6. The SMILES string of the molecule is O=C(COc1ccc(O)cc1)N1CCN(CC(O)Cn2c3ccccc3c3ccccc32)CC1. The van der Waals surface area contributed by atoms with E-state index in [1.54, 1.807) is 17.0 Å². The van der Waals surface area contributed by atoms with Crippen molar-refractivity contribution in [2.75, 3.05) is 39.3 Å². The van der Waals surface area contributed by atoms with Gasteiger partial charge in [0.25, 0.3) is 5.91 Å². The molecule has 1 unspecified atom stereocenters. The molecule has 0 bridgehead atoms. The van der Waals surface area contributed by atoms with Gasteiger partial charge in [-0.2, -0.15) is 0 Å². The Bertz CT molecular complexity index is 1220. The largest absolute Gasteiger partial charge is 0.508 e. The maximum atomic E-state index is 12.5. The number of piperazine rings is 1. The Morgan fingerprint density at radius 1 is 0.824 bits per heavy atom. The number of fused-ring (bicyclic) bond motifs is 3. The molecule has 2 N–H and O–H groups in total. The van der Waals surface area contributed by atoms with Crippen LogP contribution in [0.3, 0.4) is 0 Å². The molecule has 7 nitrogen and oxygen atoms in total. The molecular formula is C27H29N3O4. The molecule has 2 heterocycles. The average molecular weight is 460 g/mol. The van der Waals surface area contributed by atoms with Crippen molar-refractivity contribution in [1.82, 2.24) is 14.4 Å². The van der Waals surface area contributed by atoms with Crippen LogP contribution in [0.4, 0.5) is 0 Å². The first-order valence-corrected chi connectivity index (χ1v) is 11.6. The van der Waals surface area contributed by atoms with E-state index in [9.17, 15) is 15.0 Å². The zero-order chi connectivity index (χ0) is 23.5. The molecule has 0 radical (unpaired) electrons. The highest BCUT2D eigenvalue weighted by Crippen LogP contribution is 2.29. The molecule has 1 fully saturated rings. The molecule has 1 atom stereocenters. The number of amides is 1. The number of carbonyl (C=O) groups excluding carboxylic acids is 1. The minimum absolute atomic E-state index is 0.0266. The number of nitrogens with zero attached hydrogens (tertiary/aromatic N) is 3. The first-order valence-electron chi connectivity index (χ1n) is 11.6. The molecule has 1 amide bonds. The Balaban J connectivity index is 1.15. The smallest absolute Gasteiger partial charge is 0.260 e. The lowest BCUT2D eigenvalue weighted by molar-refractivity contribution is -0.135. The number of hydrogen-bond donors (Lipinski definition) is 2. The normalized spacial score (nSPS) is 15.6. The van der Waals surface area contributed by atoms with E-state index in [0.29, 0.717) is 31.9 Å². The van der Waals surface area contributed by atoms with Gasteiger partial charge in [0.1, 0.15) is 11.5 Å². The topological polar surface area (TPSA) is 78.2 Å². The highest BCUT2D eigenvalue weighted by molar-refractivity contribution is 6.07. The van der Waals surface area contributed by atoms with Gasteiger partial charge in [-0.25, -0.2) is 0 Å². The highest BCUT2D eigenvalue weighted by Gasteiger charge is 2.23. The van der Waals surface area contributed by atoms with Gasteiger partial charge in [-0.15, -0.1) is 0 Å². The Morgan fingerprint density at radius 3 is 2.03 bits per heavy atom. The van der Waals surface area contributed by atoms with Gasteiger partial charge < -0.3 is 24.4 Å². The molecule has 1 saturated heterocycles. The summed E-state index contributed by atoms with van der Waals surface area (Å²) in [5.74, 6) is 0.659. The van der Waals surface area contributed by atoms with Gasteiger partial charge in [-0.3, -0.25) is 9.69 Å². The Hall–Kier alpha value is -3.55. The third-order valence-corrected chi connectivity index (χ3v) is 6.47. The zero-order valence-electron chi connectivity index (χ0n) is 19.0. The van der Waals surface area contributed by atoms with E-state index >= 15 is 0 Å². The maximum absolute atomic E-state index is 12.5. The summed E-state index contributed by atoms with van der Waals surface area (Å²) in [4.78, 5) is 16.5. The summed E-state index contributed by atoms with van der Waals surface area (Å²) in [5, 5.41) is 22.7. The van der Waals surface area contributed by atoms with Crippen LogP contribution in [0.1, 0.15) is 0 Å². The summed E-state index contributed by atoms with van der Waals surface area (Å²) in [6, 6.07) is 23.0. The Labute approximate surface area is 198 Å². The van der Waals surface area contributed by atoms with Gasteiger partial charge in [0, 0.05) is 54.5 Å². The van der Waals surface area contributed by atoms with E-state index in [2.05, 4.69) is 33.7 Å². The minimum Gasteiger partial charge on any atom is -0.508 e. The molecule has 176 valence electrons. The van der Waals surface area contributed by atoms with Crippen LogP contribution in [0.15, 0.2) is 72.8 Å². The molecule has 7 heteroatoms. The van der Waals surface area contributed by atoms with Crippen LogP contribution < -0.4 is 4.74 Å². The van der Waals surface area contributed by atoms with Gasteiger partial charge >= 0.3 is 0 Å². The molecule has 5 rings (SSSR count). The lowest BCUT2D eigenvalue weighted by Crippen LogP contribution is -2.51. The van der Waals surface area contributed by atoms with Gasteiger partial charge in [-0.05, 0) is 36.4 Å². The average Bonchev–Trinajstić information content (AvgIpc) is 3.17. The fourth-order valence-corrected chi connectivity index (χ4v) is 4.73. The predicted octanol–water partition coefficient (Wildman–Crippen LogP) is 3.08. The van der Waals surface area contributed by atoms with Gasteiger partial charge in [0.2, 0.25) is 0 Å². The number of phenols is 1.